The number of nitrogens with two attached hydrogens (primary N) is 2. The Bertz CT molecular complexity index is 2070. The molecule has 0 saturated carbocycles. The summed E-state index contributed by atoms with van der Waals surface area (Å²) in [6.45, 7) is 2.92. The lowest BCUT2D eigenvalue weighted by atomic mass is 10.0. The summed E-state index contributed by atoms with van der Waals surface area (Å²) in [4.78, 5) is 147. The topological polar surface area (TPSA) is 434 Å². The minimum atomic E-state index is -1.74. The number of carbonyl (C=O) groups excluding carboxylic acids is 7. The molecule has 1 aromatic heterocycles. The molecule has 0 bridgehead atoms. The van der Waals surface area contributed by atoms with Crippen LogP contribution in [0.1, 0.15) is 82.9 Å². The van der Waals surface area contributed by atoms with Gasteiger partial charge in [-0.1, -0.05) is 44.2 Å². The number of rotatable bonds is 33. The molecule has 0 aliphatic heterocycles. The fourth-order valence-corrected chi connectivity index (χ4v) is 6.60. The normalized spacial score (nSPS) is 14.0. The number of nitrogens with one attached hydrogen (secondary N) is 8. The fraction of sp³-hybridized carbons (Fsp3) is 0.535. The second-order valence-corrected chi connectivity index (χ2v) is 16.4. The van der Waals surface area contributed by atoms with Crippen LogP contribution in [0.5, 0.6) is 0 Å². The van der Waals surface area contributed by atoms with Gasteiger partial charge in [0.1, 0.15) is 36.3 Å². The Hall–Kier alpha value is -7.48. The average molecular weight is 974 g/mol. The molecule has 380 valence electrons. The van der Waals surface area contributed by atoms with Crippen LogP contribution in [-0.4, -0.2) is 151 Å². The van der Waals surface area contributed by atoms with Gasteiger partial charge in [-0.25, -0.2) is 9.78 Å². The third-order valence-corrected chi connectivity index (χ3v) is 10.2. The Kier molecular flexibility index (Phi) is 25.1. The van der Waals surface area contributed by atoms with E-state index < -0.39 is 146 Å². The van der Waals surface area contributed by atoms with Crippen LogP contribution in [0, 0.1) is 5.92 Å². The number of carboxylic acids is 4. The Morgan fingerprint density at radius 1 is 0.609 bits per heavy atom. The lowest BCUT2D eigenvalue weighted by Crippen LogP contribution is -2.60. The third-order valence-electron chi connectivity index (χ3n) is 10.2. The number of H-pyrrole nitrogens is 1. The van der Waals surface area contributed by atoms with Crippen molar-refractivity contribution < 1.29 is 73.2 Å². The molecule has 0 aliphatic rings. The lowest BCUT2D eigenvalue weighted by Gasteiger charge is -2.27. The highest BCUT2D eigenvalue weighted by molar-refractivity contribution is 5.97. The highest BCUT2D eigenvalue weighted by atomic mass is 16.4. The van der Waals surface area contributed by atoms with Crippen LogP contribution in [-0.2, 0) is 65.6 Å². The van der Waals surface area contributed by atoms with E-state index in [1.165, 1.54) is 12.5 Å². The van der Waals surface area contributed by atoms with E-state index in [1.807, 2.05) is 0 Å². The predicted octanol–water partition coefficient (Wildman–Crippen LogP) is -2.99. The fourth-order valence-electron chi connectivity index (χ4n) is 6.60. The molecule has 69 heavy (non-hydrogen) atoms. The summed E-state index contributed by atoms with van der Waals surface area (Å²) in [6.07, 6.45) is -0.135. The number of aromatic amines is 1. The van der Waals surface area contributed by atoms with Crippen LogP contribution in [0.2, 0.25) is 0 Å². The summed E-state index contributed by atoms with van der Waals surface area (Å²) in [5.41, 5.74) is 12.0. The molecule has 1 heterocycles. The number of carboxylic acid groups (broad SMARTS) is 4. The molecule has 0 spiro atoms. The number of hydrogen-bond acceptors (Lipinski definition) is 14. The van der Waals surface area contributed by atoms with Crippen molar-refractivity contribution in [2.24, 2.45) is 17.4 Å². The highest BCUT2D eigenvalue weighted by Gasteiger charge is 2.34. The summed E-state index contributed by atoms with van der Waals surface area (Å²) < 4.78 is 0. The largest absolute Gasteiger partial charge is 0.481 e. The van der Waals surface area contributed by atoms with Gasteiger partial charge < -0.3 is 74.1 Å². The maximum Gasteiger partial charge on any atom is 0.326 e. The van der Waals surface area contributed by atoms with Crippen molar-refractivity contribution in [3.63, 3.8) is 0 Å². The van der Waals surface area contributed by atoms with Crippen molar-refractivity contribution in [2.45, 2.75) is 127 Å². The first kappa shape index (κ1) is 57.6. The number of aromatic nitrogens is 2. The van der Waals surface area contributed by atoms with E-state index in [0.29, 0.717) is 30.6 Å². The van der Waals surface area contributed by atoms with Crippen LogP contribution < -0.4 is 48.7 Å². The number of aliphatic carboxylic acids is 4. The maximum absolute atomic E-state index is 14.1. The molecule has 26 nitrogen and oxygen atoms in total. The van der Waals surface area contributed by atoms with Crippen molar-refractivity contribution in [1.82, 2.24) is 47.2 Å². The monoisotopic (exact) mass is 973 g/mol. The molecular weight excluding hydrogens is 911 g/mol. The van der Waals surface area contributed by atoms with Crippen LogP contribution in [0.15, 0.2) is 42.9 Å². The van der Waals surface area contributed by atoms with Crippen molar-refractivity contribution in [3.05, 3.63) is 54.1 Å². The molecule has 2 aromatic rings. The zero-order chi connectivity index (χ0) is 51.6. The minimum Gasteiger partial charge on any atom is -0.481 e. The third kappa shape index (κ3) is 22.7. The Morgan fingerprint density at radius 2 is 1.13 bits per heavy atom. The SMILES string of the molecule is CC(C)C[C@H](NC(=O)[C@@H](N)CC(=O)O)C(=O)NCC(=O)N[C@@H](CCC(=O)O)C(=O)N[C@@H](CCC(=O)O)C(=O)N[C@@H](Cc1cnc[nH]1)C(=O)N[C@@H](Cc1ccccc1)C(=O)N[C@@H](CCCCN)C(=O)O. The molecule has 26 heteroatoms. The van der Waals surface area contributed by atoms with E-state index in [0.717, 1.165) is 0 Å². The zero-order valence-electron chi connectivity index (χ0n) is 38.2. The molecule has 0 unspecified atom stereocenters. The van der Waals surface area contributed by atoms with E-state index in [4.69, 9.17) is 16.6 Å². The van der Waals surface area contributed by atoms with Gasteiger partial charge in [0.15, 0.2) is 0 Å². The van der Waals surface area contributed by atoms with E-state index in [2.05, 4.69) is 47.2 Å². The van der Waals surface area contributed by atoms with Crippen molar-refractivity contribution in [2.75, 3.05) is 13.1 Å². The molecule has 0 radical (unpaired) electrons. The number of unbranched alkanes of at least 4 members (excludes halogenated alkanes) is 1. The van der Waals surface area contributed by atoms with E-state index >= 15 is 0 Å². The summed E-state index contributed by atoms with van der Waals surface area (Å²) in [6, 6.07) is -2.07. The van der Waals surface area contributed by atoms with E-state index in [1.54, 1.807) is 44.2 Å². The molecule has 2 rings (SSSR count). The second-order valence-electron chi connectivity index (χ2n) is 16.4. The van der Waals surface area contributed by atoms with Gasteiger partial charge in [-0.15, -0.1) is 0 Å². The molecule has 16 N–H and O–H groups in total. The first-order chi connectivity index (χ1) is 32.6. The Balaban J connectivity index is 2.37. The maximum atomic E-state index is 14.1. The van der Waals surface area contributed by atoms with Crippen molar-refractivity contribution in [3.8, 4) is 0 Å². The quantitative estimate of drug-likeness (QED) is 0.0317. The number of hydrogen-bond donors (Lipinski definition) is 14. The minimum absolute atomic E-state index is 0.0398. The van der Waals surface area contributed by atoms with Crippen LogP contribution in [0.25, 0.3) is 0 Å². The number of nitrogens with zero attached hydrogens (tertiary/aromatic N) is 1. The first-order valence-electron chi connectivity index (χ1n) is 22.0. The number of carbonyl (C=O) groups is 11. The van der Waals surface area contributed by atoms with Crippen LogP contribution in [0.3, 0.4) is 0 Å². The molecule has 7 atom stereocenters. The summed E-state index contributed by atoms with van der Waals surface area (Å²) in [5, 5.41) is 54.4. The van der Waals surface area contributed by atoms with Gasteiger partial charge in [0.05, 0.1) is 25.3 Å². The number of benzene rings is 1. The average Bonchev–Trinajstić information content (AvgIpc) is 3.80. The van der Waals surface area contributed by atoms with Crippen molar-refractivity contribution >= 4 is 65.2 Å². The Morgan fingerprint density at radius 3 is 1.64 bits per heavy atom. The summed E-state index contributed by atoms with van der Waals surface area (Å²) in [5.74, 6) is -12.6. The van der Waals surface area contributed by atoms with Crippen molar-refractivity contribution in [1.29, 1.82) is 0 Å². The number of amides is 7. The predicted molar refractivity (Wildman–Crippen MR) is 241 cm³/mol. The summed E-state index contributed by atoms with van der Waals surface area (Å²) in [7, 11) is 0. The molecule has 0 aliphatic carbocycles. The molecule has 1 aromatic carbocycles. The summed E-state index contributed by atoms with van der Waals surface area (Å²) >= 11 is 0. The standard InChI is InChI=1S/C43H63N11O15/c1-23(2)16-30(52-37(62)26(45)19-36(60)61)38(63)47-21-33(55)49-27(11-13-34(56)57)39(64)50-28(12-14-35(58)59)40(65)54-32(18-25-20-46-22-48-25)42(67)53-31(17-24-8-4-3-5-9-24)41(66)51-29(43(68)69)10-6-7-15-44/h3-5,8-9,20,22-23,26-32H,6-7,10-19,21,44-45H2,1-2H3,(H,46,48)(H,47,63)(H,49,55)(H,50,64)(H,51,66)(H,52,62)(H,53,67)(H,54,65)(H,56,57)(H,58,59)(H,60,61)(H,68,69)/t26-,27-,28-,29-,30-,31-,32-/m0/s1. The van der Waals surface area contributed by atoms with E-state index in [-0.39, 0.29) is 31.6 Å². The highest BCUT2D eigenvalue weighted by Crippen LogP contribution is 2.11. The van der Waals surface area contributed by atoms with Gasteiger partial charge in [0.2, 0.25) is 41.4 Å². The molecular formula is C43H63N11O15. The van der Waals surface area contributed by atoms with Gasteiger partial charge in [-0.05, 0) is 56.6 Å². The smallest absolute Gasteiger partial charge is 0.326 e. The molecule has 0 saturated heterocycles. The second kappa shape index (κ2) is 30.0. The van der Waals surface area contributed by atoms with Gasteiger partial charge in [-0.3, -0.25) is 47.9 Å². The van der Waals surface area contributed by atoms with Crippen LogP contribution in [0.4, 0.5) is 0 Å². The lowest BCUT2D eigenvalue weighted by molar-refractivity contribution is -0.142. The van der Waals surface area contributed by atoms with Gasteiger partial charge in [0.25, 0.3) is 0 Å². The molecule has 0 fully saturated rings. The van der Waals surface area contributed by atoms with Gasteiger partial charge >= 0.3 is 23.9 Å². The zero-order valence-corrected chi connectivity index (χ0v) is 38.2. The van der Waals surface area contributed by atoms with E-state index in [9.17, 15) is 68.1 Å². The Labute approximate surface area is 396 Å². The van der Waals surface area contributed by atoms with Gasteiger partial charge in [-0.2, -0.15) is 0 Å². The van der Waals surface area contributed by atoms with Gasteiger partial charge in [0, 0.05) is 37.6 Å². The number of imidazole rings is 1. The van der Waals surface area contributed by atoms with Crippen LogP contribution >= 0.6 is 0 Å². The molecule has 7 amide bonds. The first-order valence-corrected chi connectivity index (χ1v) is 22.0.